The first-order valence-electron chi connectivity index (χ1n) is 6.04. The lowest BCUT2D eigenvalue weighted by Crippen LogP contribution is -2.36. The van der Waals surface area contributed by atoms with E-state index in [1.165, 1.54) is 17.0 Å². The standard InChI is InChI=1S/C13H14ClN3OS/c1-16-6-7-17(10-5-3-2-4-9(10)16)13-15-12(14)11(8-18)19-13/h2-5,18H,6-8H2,1H3. The minimum absolute atomic E-state index is 0.0636. The number of aliphatic hydroxyl groups excluding tert-OH is 1. The third-order valence-electron chi connectivity index (χ3n) is 3.26. The third kappa shape index (κ3) is 2.18. The number of benzene rings is 1. The van der Waals surface area contributed by atoms with E-state index in [2.05, 4.69) is 34.0 Å². The molecule has 4 nitrogen and oxygen atoms in total. The van der Waals surface area contributed by atoms with Crippen molar-refractivity contribution < 1.29 is 5.11 Å². The summed E-state index contributed by atoms with van der Waals surface area (Å²) in [5.41, 5.74) is 2.32. The van der Waals surface area contributed by atoms with Gasteiger partial charge in [0.1, 0.15) is 5.15 Å². The van der Waals surface area contributed by atoms with Crippen LogP contribution in [0, 0.1) is 0 Å². The molecule has 0 fully saturated rings. The van der Waals surface area contributed by atoms with Crippen molar-refractivity contribution in [3.63, 3.8) is 0 Å². The smallest absolute Gasteiger partial charge is 0.191 e. The predicted octanol–water partition coefficient (Wildman–Crippen LogP) is 2.88. The number of hydrogen-bond donors (Lipinski definition) is 1. The summed E-state index contributed by atoms with van der Waals surface area (Å²) in [6, 6.07) is 8.24. The van der Waals surface area contributed by atoms with Crippen LogP contribution in [0.2, 0.25) is 5.15 Å². The van der Waals surface area contributed by atoms with E-state index >= 15 is 0 Å². The number of fused-ring (bicyclic) bond motifs is 1. The molecule has 2 aromatic rings. The lowest BCUT2D eigenvalue weighted by Gasteiger charge is -2.35. The van der Waals surface area contributed by atoms with Crippen molar-refractivity contribution in [1.82, 2.24) is 4.98 Å². The fraction of sp³-hybridized carbons (Fsp3) is 0.308. The SMILES string of the molecule is CN1CCN(c2nc(Cl)c(CO)s2)c2ccccc21. The molecule has 0 unspecified atom stereocenters. The number of thiazole rings is 1. The molecule has 2 heterocycles. The fourth-order valence-electron chi connectivity index (χ4n) is 2.24. The molecule has 0 amide bonds. The van der Waals surface area contributed by atoms with Gasteiger partial charge in [0.2, 0.25) is 0 Å². The van der Waals surface area contributed by atoms with E-state index in [0.717, 1.165) is 23.9 Å². The summed E-state index contributed by atoms with van der Waals surface area (Å²) in [6.07, 6.45) is 0. The Morgan fingerprint density at radius 1 is 1.32 bits per heavy atom. The molecule has 0 saturated carbocycles. The van der Waals surface area contributed by atoms with Gasteiger partial charge in [-0.25, -0.2) is 4.98 Å². The van der Waals surface area contributed by atoms with E-state index in [0.29, 0.717) is 10.0 Å². The first-order valence-corrected chi connectivity index (χ1v) is 7.24. The maximum atomic E-state index is 9.23. The first-order chi connectivity index (χ1) is 9.20. The Morgan fingerprint density at radius 3 is 2.74 bits per heavy atom. The van der Waals surface area contributed by atoms with E-state index in [-0.39, 0.29) is 6.61 Å². The van der Waals surface area contributed by atoms with Crippen LogP contribution in [0.3, 0.4) is 0 Å². The highest BCUT2D eigenvalue weighted by Gasteiger charge is 2.24. The number of halogens is 1. The normalized spacial score (nSPS) is 14.7. The highest BCUT2D eigenvalue weighted by molar-refractivity contribution is 7.16. The van der Waals surface area contributed by atoms with Gasteiger partial charge in [0.15, 0.2) is 5.13 Å². The van der Waals surface area contributed by atoms with Crippen LogP contribution in [0.25, 0.3) is 0 Å². The van der Waals surface area contributed by atoms with Crippen LogP contribution in [0.15, 0.2) is 24.3 Å². The first kappa shape index (κ1) is 12.7. The van der Waals surface area contributed by atoms with Crippen molar-refractivity contribution in [2.45, 2.75) is 6.61 Å². The van der Waals surface area contributed by atoms with Crippen molar-refractivity contribution >= 4 is 39.4 Å². The number of likely N-dealkylation sites (N-methyl/N-ethyl adjacent to an activating group) is 1. The van der Waals surface area contributed by atoms with E-state index in [9.17, 15) is 5.11 Å². The number of hydrogen-bond acceptors (Lipinski definition) is 5. The molecular formula is C13H14ClN3OS. The lowest BCUT2D eigenvalue weighted by molar-refractivity contribution is 0.285. The largest absolute Gasteiger partial charge is 0.391 e. The van der Waals surface area contributed by atoms with Crippen molar-refractivity contribution in [2.24, 2.45) is 0 Å². The van der Waals surface area contributed by atoms with Crippen LogP contribution in [-0.2, 0) is 6.61 Å². The molecule has 1 aliphatic heterocycles. The molecule has 0 spiro atoms. The van der Waals surface area contributed by atoms with Gasteiger partial charge in [-0.2, -0.15) is 0 Å². The van der Waals surface area contributed by atoms with Gasteiger partial charge in [0.05, 0.1) is 22.9 Å². The fourth-order valence-corrected chi connectivity index (χ4v) is 3.40. The van der Waals surface area contributed by atoms with Gasteiger partial charge < -0.3 is 14.9 Å². The minimum atomic E-state index is -0.0636. The van der Waals surface area contributed by atoms with E-state index in [1.807, 2.05) is 12.1 Å². The summed E-state index contributed by atoms with van der Waals surface area (Å²) in [7, 11) is 2.09. The molecule has 0 saturated heterocycles. The van der Waals surface area contributed by atoms with Crippen LogP contribution in [0.4, 0.5) is 16.5 Å². The minimum Gasteiger partial charge on any atom is -0.391 e. The molecular weight excluding hydrogens is 282 g/mol. The number of aliphatic hydroxyl groups is 1. The van der Waals surface area contributed by atoms with Crippen molar-refractivity contribution in [3.05, 3.63) is 34.3 Å². The molecule has 0 atom stereocenters. The molecule has 19 heavy (non-hydrogen) atoms. The van der Waals surface area contributed by atoms with Crippen molar-refractivity contribution in [2.75, 3.05) is 29.9 Å². The molecule has 1 N–H and O–H groups in total. The Kier molecular flexibility index (Phi) is 3.35. The summed E-state index contributed by atoms with van der Waals surface area (Å²) < 4.78 is 0. The molecule has 1 aromatic heterocycles. The van der Waals surface area contributed by atoms with Crippen molar-refractivity contribution in [1.29, 1.82) is 0 Å². The molecule has 0 radical (unpaired) electrons. The average molecular weight is 296 g/mol. The number of nitrogens with zero attached hydrogens (tertiary/aromatic N) is 3. The predicted molar refractivity (Wildman–Crippen MR) is 79.8 cm³/mol. The average Bonchev–Trinajstić information content (AvgIpc) is 2.80. The van der Waals surface area contributed by atoms with Crippen molar-refractivity contribution in [3.8, 4) is 0 Å². The van der Waals surface area contributed by atoms with Gasteiger partial charge in [-0.05, 0) is 12.1 Å². The zero-order chi connectivity index (χ0) is 13.4. The highest BCUT2D eigenvalue weighted by atomic mass is 35.5. The Labute approximate surface area is 120 Å². The third-order valence-corrected chi connectivity index (χ3v) is 4.74. The van der Waals surface area contributed by atoms with E-state index in [1.54, 1.807) is 0 Å². The number of anilines is 3. The summed E-state index contributed by atoms with van der Waals surface area (Å²) in [6.45, 7) is 1.73. The second-order valence-electron chi connectivity index (χ2n) is 4.43. The maximum absolute atomic E-state index is 9.23. The molecule has 3 rings (SSSR count). The van der Waals surface area contributed by atoms with E-state index in [4.69, 9.17) is 11.6 Å². The Morgan fingerprint density at radius 2 is 2.05 bits per heavy atom. The van der Waals surface area contributed by atoms with Gasteiger partial charge in [0.25, 0.3) is 0 Å². The summed E-state index contributed by atoms with van der Waals surface area (Å²) >= 11 is 7.47. The topological polar surface area (TPSA) is 39.6 Å². The molecule has 0 aliphatic carbocycles. The molecule has 1 aliphatic rings. The number of rotatable bonds is 2. The van der Waals surface area contributed by atoms with Gasteiger partial charge >= 0.3 is 0 Å². The van der Waals surface area contributed by atoms with Gasteiger partial charge in [-0.15, -0.1) is 0 Å². The quantitative estimate of drug-likeness (QED) is 0.925. The van der Waals surface area contributed by atoms with Crippen LogP contribution in [0.1, 0.15) is 4.88 Å². The molecule has 100 valence electrons. The van der Waals surface area contributed by atoms with Crippen LogP contribution in [0.5, 0.6) is 0 Å². The van der Waals surface area contributed by atoms with E-state index < -0.39 is 0 Å². The number of aromatic nitrogens is 1. The van der Waals surface area contributed by atoms with Gasteiger partial charge in [-0.3, -0.25) is 0 Å². The zero-order valence-electron chi connectivity index (χ0n) is 10.5. The lowest BCUT2D eigenvalue weighted by atomic mass is 10.2. The molecule has 1 aromatic carbocycles. The van der Waals surface area contributed by atoms with Crippen LogP contribution < -0.4 is 9.80 Å². The molecule has 6 heteroatoms. The summed E-state index contributed by atoms with van der Waals surface area (Å²) in [5, 5.41) is 10.5. The van der Waals surface area contributed by atoms with Gasteiger partial charge in [0, 0.05) is 20.1 Å². The van der Waals surface area contributed by atoms with Crippen LogP contribution in [-0.4, -0.2) is 30.2 Å². The highest BCUT2D eigenvalue weighted by Crippen LogP contribution is 2.40. The second kappa shape index (κ2) is 5.00. The zero-order valence-corrected chi connectivity index (χ0v) is 12.1. The summed E-state index contributed by atoms with van der Waals surface area (Å²) in [4.78, 5) is 9.46. The molecule has 0 bridgehead atoms. The Hall–Kier alpha value is -1.30. The number of para-hydroxylation sites is 2. The summed E-state index contributed by atoms with van der Waals surface area (Å²) in [5.74, 6) is 0. The Balaban J connectivity index is 2.04. The Bertz CT molecular complexity index is 601. The second-order valence-corrected chi connectivity index (χ2v) is 5.85. The maximum Gasteiger partial charge on any atom is 0.191 e. The van der Waals surface area contributed by atoms with Gasteiger partial charge in [-0.1, -0.05) is 35.1 Å². The monoisotopic (exact) mass is 295 g/mol. The van der Waals surface area contributed by atoms with Crippen LogP contribution >= 0.6 is 22.9 Å².